The fourth-order valence-electron chi connectivity index (χ4n) is 5.71. The van der Waals surface area contributed by atoms with Gasteiger partial charge in [-0.25, -0.2) is 0 Å². The maximum atomic E-state index is 12.7. The summed E-state index contributed by atoms with van der Waals surface area (Å²) in [6.07, 6.45) is 4.67. The number of hydrogen-bond acceptors (Lipinski definition) is 4. The van der Waals surface area contributed by atoms with Crippen molar-refractivity contribution in [3.63, 3.8) is 0 Å². The Morgan fingerprint density at radius 3 is 2.81 bits per heavy atom. The number of carboxylic acids is 1. The number of aryl methyl sites for hydroxylation is 2. The van der Waals surface area contributed by atoms with E-state index >= 15 is 0 Å². The van der Waals surface area contributed by atoms with Crippen molar-refractivity contribution >= 4 is 11.8 Å². The van der Waals surface area contributed by atoms with Crippen LogP contribution in [-0.4, -0.2) is 16.9 Å². The molecule has 0 radical (unpaired) electrons. The van der Waals surface area contributed by atoms with Gasteiger partial charge in [-0.2, -0.15) is 0 Å². The average molecular weight is 357 g/mol. The number of carbonyl (C=O) groups excluding carboxylic acids is 2. The first-order chi connectivity index (χ1) is 12.2. The highest BCUT2D eigenvalue weighted by Gasteiger charge is 2.54. The maximum absolute atomic E-state index is 12.7. The lowest BCUT2D eigenvalue weighted by molar-refractivity contribution is -0.313. The van der Waals surface area contributed by atoms with E-state index < -0.39 is 11.9 Å². The van der Waals surface area contributed by atoms with Gasteiger partial charge in [0.15, 0.2) is 0 Å². The molecule has 1 aromatic carbocycles. The molecule has 2 aliphatic carbocycles. The van der Waals surface area contributed by atoms with Gasteiger partial charge in [0.05, 0.1) is 0 Å². The number of carboxylic acid groups (broad SMARTS) is 1. The van der Waals surface area contributed by atoms with Crippen LogP contribution >= 0.6 is 0 Å². The normalized spacial score (nSPS) is 32.3. The van der Waals surface area contributed by atoms with Crippen LogP contribution < -0.4 is 5.11 Å². The van der Waals surface area contributed by atoms with Crippen LogP contribution in [0.4, 0.5) is 0 Å². The van der Waals surface area contributed by atoms with Crippen molar-refractivity contribution in [1.82, 2.24) is 0 Å². The lowest BCUT2D eigenvalue weighted by Crippen LogP contribution is -2.46. The minimum Gasteiger partial charge on any atom is -0.550 e. The van der Waals surface area contributed by atoms with Gasteiger partial charge in [0.25, 0.3) is 0 Å². The predicted octanol–water partition coefficient (Wildman–Crippen LogP) is 3.03. The zero-order valence-electron chi connectivity index (χ0n) is 16.0. The van der Waals surface area contributed by atoms with Gasteiger partial charge in [0.1, 0.15) is 11.5 Å². The molecule has 0 saturated heterocycles. The Labute approximate surface area is 155 Å². The quantitative estimate of drug-likeness (QED) is 0.879. The van der Waals surface area contributed by atoms with Gasteiger partial charge in [0, 0.05) is 18.3 Å². The van der Waals surface area contributed by atoms with Crippen LogP contribution in [0.1, 0.15) is 57.1 Å². The van der Waals surface area contributed by atoms with Crippen molar-refractivity contribution in [2.75, 3.05) is 0 Å². The Morgan fingerprint density at radius 2 is 2.12 bits per heavy atom. The van der Waals surface area contributed by atoms with Gasteiger partial charge in [-0.05, 0) is 85.5 Å². The number of phenolic OH excluding ortho intramolecular Hbond substituents is 1. The molecule has 5 atom stereocenters. The molecule has 2 saturated carbocycles. The molecule has 2 aliphatic rings. The number of benzene rings is 1. The van der Waals surface area contributed by atoms with Gasteiger partial charge in [0.2, 0.25) is 0 Å². The van der Waals surface area contributed by atoms with Crippen molar-refractivity contribution < 1.29 is 19.8 Å². The van der Waals surface area contributed by atoms with E-state index in [1.165, 1.54) is 0 Å². The molecule has 4 heteroatoms. The molecule has 0 aromatic heterocycles. The van der Waals surface area contributed by atoms with E-state index in [1.807, 2.05) is 13.0 Å². The second-order valence-electron chi connectivity index (χ2n) is 8.63. The largest absolute Gasteiger partial charge is 0.550 e. The summed E-state index contributed by atoms with van der Waals surface area (Å²) < 4.78 is 0. The highest BCUT2D eigenvalue weighted by Crippen LogP contribution is 2.59. The summed E-state index contributed by atoms with van der Waals surface area (Å²) in [6, 6.07) is 5.38. The Kier molecular flexibility index (Phi) is 5.14. The lowest BCUT2D eigenvalue weighted by atomic mass is 9.58. The second-order valence-corrected chi connectivity index (χ2v) is 8.63. The van der Waals surface area contributed by atoms with Crippen LogP contribution in [0, 0.1) is 36.0 Å². The standard InChI is InChI=1S/C22H30O4/c1-13-4-6-16(23)12-15(13)5-7-17-19-9-8-18(14(2)21(25)26)22(19,3)11-10-20(17)24/h4,6,12,14,17-19,23H,5,7-11H2,1-3H3,(H,25,26)/p-1/t14-,17-,18+,19-,22+/m0/s1. The SMILES string of the molecule is Cc1ccc(O)cc1CC[C@@H]1C(=O)CC[C@]2(C)[C@@H]([C@H](C)C(=O)[O-])CC[C@@H]12. The summed E-state index contributed by atoms with van der Waals surface area (Å²) in [5.41, 5.74) is 2.12. The van der Waals surface area contributed by atoms with Crippen molar-refractivity contribution in [2.24, 2.45) is 29.1 Å². The van der Waals surface area contributed by atoms with Crippen molar-refractivity contribution in [1.29, 1.82) is 0 Å². The molecule has 1 N–H and O–H groups in total. The Hall–Kier alpha value is -1.84. The zero-order chi connectivity index (χ0) is 19.1. The van der Waals surface area contributed by atoms with Crippen LogP contribution in [0.15, 0.2) is 18.2 Å². The van der Waals surface area contributed by atoms with Crippen LogP contribution in [0.3, 0.4) is 0 Å². The summed E-state index contributed by atoms with van der Waals surface area (Å²) in [6.45, 7) is 5.97. The van der Waals surface area contributed by atoms with Gasteiger partial charge >= 0.3 is 0 Å². The Bertz CT molecular complexity index is 710. The third kappa shape index (κ3) is 3.26. The van der Waals surface area contributed by atoms with Gasteiger partial charge in [-0.1, -0.05) is 19.9 Å². The molecule has 0 bridgehead atoms. The molecular weight excluding hydrogens is 328 g/mol. The predicted molar refractivity (Wildman–Crippen MR) is 97.4 cm³/mol. The summed E-state index contributed by atoms with van der Waals surface area (Å²) >= 11 is 0. The van der Waals surface area contributed by atoms with Crippen molar-refractivity contribution in [3.8, 4) is 5.75 Å². The molecule has 4 nitrogen and oxygen atoms in total. The first-order valence-corrected chi connectivity index (χ1v) is 9.76. The fraction of sp³-hybridized carbons (Fsp3) is 0.636. The van der Waals surface area contributed by atoms with E-state index in [4.69, 9.17) is 0 Å². The van der Waals surface area contributed by atoms with E-state index in [-0.39, 0.29) is 28.9 Å². The number of rotatable bonds is 5. The highest BCUT2D eigenvalue weighted by molar-refractivity contribution is 5.82. The van der Waals surface area contributed by atoms with E-state index in [9.17, 15) is 19.8 Å². The van der Waals surface area contributed by atoms with Crippen LogP contribution in [0.25, 0.3) is 0 Å². The number of ketones is 1. The number of phenols is 1. The molecule has 2 fully saturated rings. The molecular formula is C22H29O4-. The fourth-order valence-corrected chi connectivity index (χ4v) is 5.71. The van der Waals surface area contributed by atoms with Crippen LogP contribution in [0.2, 0.25) is 0 Å². The number of aromatic hydroxyl groups is 1. The van der Waals surface area contributed by atoms with Crippen LogP contribution in [-0.2, 0) is 16.0 Å². The second kappa shape index (κ2) is 7.05. The molecule has 0 heterocycles. The Balaban J connectivity index is 1.78. The number of Topliss-reactive ketones (excluding diaryl/α,β-unsaturated/α-hetero) is 1. The minimum absolute atomic E-state index is 0.00514. The molecule has 3 rings (SSSR count). The van der Waals surface area contributed by atoms with E-state index in [1.54, 1.807) is 19.1 Å². The molecule has 1 aromatic rings. The third-order valence-electron chi connectivity index (χ3n) is 7.32. The molecule has 0 amide bonds. The topological polar surface area (TPSA) is 77.4 Å². The molecule has 142 valence electrons. The molecule has 26 heavy (non-hydrogen) atoms. The Morgan fingerprint density at radius 1 is 1.38 bits per heavy atom. The van der Waals surface area contributed by atoms with Crippen LogP contribution in [0.5, 0.6) is 5.75 Å². The zero-order valence-corrected chi connectivity index (χ0v) is 16.0. The molecule has 0 spiro atoms. The van der Waals surface area contributed by atoms with Gasteiger partial charge in [-0.3, -0.25) is 4.79 Å². The van der Waals surface area contributed by atoms with Crippen molar-refractivity contribution in [2.45, 2.75) is 59.3 Å². The van der Waals surface area contributed by atoms with Gasteiger partial charge in [-0.15, -0.1) is 0 Å². The molecule has 0 aliphatic heterocycles. The summed E-state index contributed by atoms with van der Waals surface area (Å²) in [5.74, 6) is -0.507. The van der Waals surface area contributed by atoms with Gasteiger partial charge < -0.3 is 15.0 Å². The monoisotopic (exact) mass is 357 g/mol. The number of aliphatic carboxylic acids is 1. The number of hydrogen-bond donors (Lipinski definition) is 1. The number of carbonyl (C=O) groups is 2. The average Bonchev–Trinajstić information content (AvgIpc) is 2.94. The van der Waals surface area contributed by atoms with E-state index in [0.717, 1.165) is 43.2 Å². The lowest BCUT2D eigenvalue weighted by Gasteiger charge is -2.46. The first-order valence-electron chi connectivity index (χ1n) is 9.76. The smallest absolute Gasteiger partial charge is 0.136 e. The number of fused-ring (bicyclic) bond motifs is 1. The first kappa shape index (κ1) is 18.9. The minimum atomic E-state index is -0.972. The van der Waals surface area contributed by atoms with E-state index in [2.05, 4.69) is 6.92 Å². The summed E-state index contributed by atoms with van der Waals surface area (Å²) in [7, 11) is 0. The summed E-state index contributed by atoms with van der Waals surface area (Å²) in [5, 5.41) is 21.2. The summed E-state index contributed by atoms with van der Waals surface area (Å²) in [4.78, 5) is 24.1. The van der Waals surface area contributed by atoms with Crippen molar-refractivity contribution in [3.05, 3.63) is 29.3 Å². The third-order valence-corrected chi connectivity index (χ3v) is 7.32. The maximum Gasteiger partial charge on any atom is 0.136 e. The van der Waals surface area contributed by atoms with E-state index in [0.29, 0.717) is 12.2 Å². The highest BCUT2D eigenvalue weighted by atomic mass is 16.4. The molecule has 0 unspecified atom stereocenters.